The first-order valence-electron chi connectivity index (χ1n) is 4.99. The fourth-order valence-electron chi connectivity index (χ4n) is 1.60. The van der Waals surface area contributed by atoms with Crippen LogP contribution in [0.5, 0.6) is 0 Å². The van der Waals surface area contributed by atoms with Crippen LogP contribution in [0.2, 0.25) is 5.02 Å². The van der Waals surface area contributed by atoms with E-state index in [1.54, 1.807) is 25.2 Å². The average molecular weight is 287 g/mol. The molecule has 0 unspecified atom stereocenters. The van der Waals surface area contributed by atoms with Crippen molar-refractivity contribution in [2.75, 3.05) is 0 Å². The van der Waals surface area contributed by atoms with Gasteiger partial charge in [-0.05, 0) is 30.7 Å². The Balaban J connectivity index is 2.59. The van der Waals surface area contributed by atoms with Gasteiger partial charge in [-0.25, -0.2) is 13.6 Å². The molecule has 96 valence electrons. The number of aryl methyl sites for hydroxylation is 1. The van der Waals surface area contributed by atoms with Crippen LogP contribution in [0.3, 0.4) is 0 Å². The van der Waals surface area contributed by atoms with Crippen molar-refractivity contribution in [2.24, 2.45) is 12.2 Å². The van der Waals surface area contributed by atoms with Gasteiger partial charge in [0.2, 0.25) is 0 Å². The molecular formula is C10H11ClN4O2S. The molecule has 1 aromatic heterocycles. The smallest absolute Gasteiger partial charge is 0.273 e. The second kappa shape index (κ2) is 4.34. The Kier molecular flexibility index (Phi) is 3.14. The maximum Gasteiger partial charge on any atom is 0.273 e. The van der Waals surface area contributed by atoms with Gasteiger partial charge in [0.05, 0.1) is 0 Å². The Morgan fingerprint density at radius 1 is 1.33 bits per heavy atom. The highest BCUT2D eigenvalue weighted by molar-refractivity contribution is 7.89. The van der Waals surface area contributed by atoms with Crippen LogP contribution in [0, 0.1) is 6.92 Å². The van der Waals surface area contributed by atoms with Crippen molar-refractivity contribution in [1.29, 1.82) is 0 Å². The van der Waals surface area contributed by atoms with Crippen molar-refractivity contribution < 1.29 is 8.42 Å². The van der Waals surface area contributed by atoms with Gasteiger partial charge in [0, 0.05) is 17.6 Å². The fraction of sp³-hybridized carbons (Fsp3) is 0.200. The van der Waals surface area contributed by atoms with Gasteiger partial charge >= 0.3 is 0 Å². The van der Waals surface area contributed by atoms with E-state index in [2.05, 4.69) is 10.2 Å². The second-order valence-electron chi connectivity index (χ2n) is 3.87. The van der Waals surface area contributed by atoms with E-state index in [0.29, 0.717) is 10.8 Å². The lowest BCUT2D eigenvalue weighted by Gasteiger charge is -2.04. The molecule has 0 atom stereocenters. The van der Waals surface area contributed by atoms with Crippen LogP contribution in [0.25, 0.3) is 11.4 Å². The number of hydrogen-bond acceptors (Lipinski definition) is 4. The van der Waals surface area contributed by atoms with Crippen LogP contribution < -0.4 is 5.14 Å². The minimum Gasteiger partial charge on any atom is -0.300 e. The summed E-state index contributed by atoms with van der Waals surface area (Å²) in [6.45, 7) is 1.85. The zero-order valence-electron chi connectivity index (χ0n) is 9.75. The number of rotatable bonds is 2. The van der Waals surface area contributed by atoms with Gasteiger partial charge in [0.1, 0.15) is 0 Å². The SMILES string of the molecule is Cc1cc(-c2nnc(S(N)(=O)=O)n2C)ccc1Cl. The van der Waals surface area contributed by atoms with Crippen LogP contribution in [-0.2, 0) is 17.1 Å². The maximum absolute atomic E-state index is 11.3. The summed E-state index contributed by atoms with van der Waals surface area (Å²) < 4.78 is 23.8. The maximum atomic E-state index is 11.3. The topological polar surface area (TPSA) is 90.9 Å². The Morgan fingerprint density at radius 2 is 2.00 bits per heavy atom. The van der Waals surface area contributed by atoms with Gasteiger partial charge in [-0.2, -0.15) is 0 Å². The van der Waals surface area contributed by atoms with Crippen LogP contribution in [-0.4, -0.2) is 23.2 Å². The molecule has 2 aromatic rings. The molecular weight excluding hydrogens is 276 g/mol. The number of primary sulfonamides is 1. The van der Waals surface area contributed by atoms with Crippen molar-refractivity contribution in [3.05, 3.63) is 28.8 Å². The van der Waals surface area contributed by atoms with Crippen LogP contribution in [0.15, 0.2) is 23.4 Å². The lowest BCUT2D eigenvalue weighted by atomic mass is 10.1. The molecule has 0 saturated heterocycles. The Labute approximate surface area is 109 Å². The van der Waals surface area contributed by atoms with Crippen molar-refractivity contribution in [1.82, 2.24) is 14.8 Å². The number of sulfonamides is 1. The summed E-state index contributed by atoms with van der Waals surface area (Å²) in [6.07, 6.45) is 0. The third kappa shape index (κ3) is 2.24. The van der Waals surface area contributed by atoms with Gasteiger partial charge in [-0.15, -0.1) is 10.2 Å². The van der Waals surface area contributed by atoms with E-state index in [0.717, 1.165) is 11.1 Å². The summed E-state index contributed by atoms with van der Waals surface area (Å²) >= 11 is 5.93. The van der Waals surface area contributed by atoms with Gasteiger partial charge < -0.3 is 0 Å². The minimum absolute atomic E-state index is 0.273. The van der Waals surface area contributed by atoms with E-state index in [4.69, 9.17) is 16.7 Å². The third-order valence-corrected chi connectivity index (χ3v) is 3.79. The molecule has 1 aromatic carbocycles. The molecule has 6 nitrogen and oxygen atoms in total. The van der Waals surface area contributed by atoms with E-state index >= 15 is 0 Å². The van der Waals surface area contributed by atoms with Crippen LogP contribution in [0.1, 0.15) is 5.56 Å². The zero-order valence-corrected chi connectivity index (χ0v) is 11.3. The molecule has 0 amide bonds. The molecule has 18 heavy (non-hydrogen) atoms. The second-order valence-corrected chi connectivity index (χ2v) is 5.74. The van der Waals surface area contributed by atoms with Crippen molar-refractivity contribution >= 4 is 21.6 Å². The number of halogens is 1. The molecule has 1 heterocycles. The summed E-state index contributed by atoms with van der Waals surface area (Å²) in [5, 5.41) is 12.8. The summed E-state index contributed by atoms with van der Waals surface area (Å²) in [6, 6.07) is 5.27. The lowest BCUT2D eigenvalue weighted by molar-refractivity contribution is 0.580. The standard InChI is InChI=1S/C10H11ClN4O2S/c1-6-5-7(3-4-8(6)11)9-13-14-10(15(9)2)18(12,16)17/h3-5H,1-2H3,(H2,12,16,17). The average Bonchev–Trinajstić information content (AvgIpc) is 2.64. The number of aromatic nitrogens is 3. The minimum atomic E-state index is -3.88. The number of nitrogens with zero attached hydrogens (tertiary/aromatic N) is 3. The largest absolute Gasteiger partial charge is 0.300 e. The predicted octanol–water partition coefficient (Wildman–Crippen LogP) is 1.09. The highest BCUT2D eigenvalue weighted by Gasteiger charge is 2.19. The summed E-state index contributed by atoms with van der Waals surface area (Å²) in [4.78, 5) is 0. The molecule has 0 aliphatic rings. The molecule has 8 heteroatoms. The molecule has 0 aliphatic heterocycles. The van der Waals surface area contributed by atoms with Gasteiger partial charge in [-0.1, -0.05) is 11.6 Å². The number of benzene rings is 1. The zero-order chi connectivity index (χ0) is 13.5. The lowest BCUT2D eigenvalue weighted by Crippen LogP contribution is -2.17. The van der Waals surface area contributed by atoms with E-state index in [1.807, 2.05) is 6.92 Å². The van der Waals surface area contributed by atoms with Crippen molar-refractivity contribution in [3.63, 3.8) is 0 Å². The molecule has 0 bridgehead atoms. The molecule has 0 saturated carbocycles. The third-order valence-electron chi connectivity index (χ3n) is 2.51. The van der Waals surface area contributed by atoms with Crippen molar-refractivity contribution in [3.8, 4) is 11.4 Å². The molecule has 0 radical (unpaired) electrons. The first-order valence-corrected chi connectivity index (χ1v) is 6.92. The van der Waals surface area contributed by atoms with Crippen molar-refractivity contribution in [2.45, 2.75) is 12.1 Å². The van der Waals surface area contributed by atoms with Crippen LogP contribution in [0.4, 0.5) is 0 Å². The Morgan fingerprint density at radius 3 is 2.50 bits per heavy atom. The fourth-order valence-corrected chi connectivity index (χ4v) is 2.34. The highest BCUT2D eigenvalue weighted by Crippen LogP contribution is 2.24. The van der Waals surface area contributed by atoms with Crippen LogP contribution >= 0.6 is 11.6 Å². The monoisotopic (exact) mass is 286 g/mol. The molecule has 0 spiro atoms. The Bertz CT molecular complexity index is 709. The van der Waals surface area contributed by atoms with E-state index in [1.165, 1.54) is 4.57 Å². The highest BCUT2D eigenvalue weighted by atomic mass is 35.5. The van der Waals surface area contributed by atoms with E-state index < -0.39 is 10.0 Å². The van der Waals surface area contributed by atoms with Gasteiger partial charge in [0.25, 0.3) is 15.2 Å². The molecule has 0 aliphatic carbocycles. The molecule has 0 fully saturated rings. The summed E-state index contributed by atoms with van der Waals surface area (Å²) in [7, 11) is -2.33. The van der Waals surface area contributed by atoms with Gasteiger partial charge in [0.15, 0.2) is 5.82 Å². The molecule has 2 rings (SSSR count). The number of hydrogen-bond donors (Lipinski definition) is 1. The summed E-state index contributed by atoms with van der Waals surface area (Å²) in [5.74, 6) is 0.416. The van der Waals surface area contributed by atoms with Gasteiger partial charge in [-0.3, -0.25) is 4.57 Å². The quantitative estimate of drug-likeness (QED) is 0.894. The normalized spacial score (nSPS) is 11.8. The van der Waals surface area contributed by atoms with E-state index in [-0.39, 0.29) is 5.16 Å². The number of nitrogens with two attached hydrogens (primary N) is 1. The van der Waals surface area contributed by atoms with E-state index in [9.17, 15) is 8.42 Å². The Hall–Kier alpha value is -1.44. The first kappa shape index (κ1) is 13.0. The first-order chi connectivity index (χ1) is 8.30. The predicted molar refractivity (Wildman–Crippen MR) is 67.6 cm³/mol. The molecule has 2 N–H and O–H groups in total. The summed E-state index contributed by atoms with van der Waals surface area (Å²) in [5.41, 5.74) is 1.59.